The third-order valence-corrected chi connectivity index (χ3v) is 2.40. The molecule has 0 saturated carbocycles. The predicted octanol–water partition coefficient (Wildman–Crippen LogP) is -7.67. The molecule has 0 heterocycles. The summed E-state index contributed by atoms with van der Waals surface area (Å²) in [5.74, 6) is 0. The summed E-state index contributed by atoms with van der Waals surface area (Å²) in [4.78, 5) is 17.0. The lowest BCUT2D eigenvalue weighted by Gasteiger charge is -2.28. The Bertz CT molecular complexity index is 203. The predicted molar refractivity (Wildman–Crippen MR) is 63.6 cm³/mol. The third kappa shape index (κ3) is 11.8. The van der Waals surface area contributed by atoms with E-state index in [1.54, 1.807) is 0 Å². The fraction of sp³-hybridized carbons (Fsp3) is 1.00. The topological polar surface area (TPSA) is 225 Å². The molecule has 0 aromatic rings. The maximum Gasteiger partial charge on any atom is 0.185 e. The zero-order valence-electron chi connectivity index (χ0n) is 11.9. The molecule has 0 aromatic heterocycles. The minimum Gasteiger partial charge on any atom is -0.672 e. The van der Waals surface area contributed by atoms with E-state index in [-0.39, 0.29) is 0 Å². The molecule has 8 N–H and O–H groups in total. The molecule has 0 aliphatic rings. The average molecular weight is 352 g/mol. The number of quaternary nitrogens is 2. The summed E-state index contributed by atoms with van der Waals surface area (Å²) >= 11 is 0. The van der Waals surface area contributed by atoms with Gasteiger partial charge in [-0.1, -0.05) is 0 Å². The van der Waals surface area contributed by atoms with Gasteiger partial charge >= 0.3 is 0 Å². The van der Waals surface area contributed by atoms with E-state index in [0.29, 0.717) is 0 Å². The van der Waals surface area contributed by atoms with E-state index in [0.717, 1.165) is 0 Å². The molecule has 0 radical (unpaired) electrons. The van der Waals surface area contributed by atoms with Crippen molar-refractivity contribution in [1.82, 2.24) is 0 Å². The molecular weight excluding hydrogens is 328 g/mol. The SMILES string of the molecule is O=[Si]([O-])[O-].OC[N+](CO)(CO)CO.OC[N+](CO)(CO)CO. The smallest absolute Gasteiger partial charge is 0.185 e. The summed E-state index contributed by atoms with van der Waals surface area (Å²) in [6, 6.07) is 0. The molecule has 0 bridgehead atoms. The van der Waals surface area contributed by atoms with Crippen LogP contribution in [0.3, 0.4) is 0 Å². The molecule has 136 valence electrons. The average Bonchev–Trinajstić information content (AvgIpc) is 2.53. The van der Waals surface area contributed by atoms with Crippen LogP contribution in [0.15, 0.2) is 0 Å². The van der Waals surface area contributed by atoms with Gasteiger partial charge in [0.15, 0.2) is 53.8 Å². The number of hydrogen-bond donors (Lipinski definition) is 8. The van der Waals surface area contributed by atoms with Gasteiger partial charge in [0.25, 0.3) is 0 Å². The molecule has 0 aliphatic heterocycles. The standard InChI is InChI=1S/2C4H12NO4.O3Si/c2*6-1-5(2-7,3-8)4-9;1-4(2)3/h2*6-9H,1-4H2;/q2*+1;-2. The maximum absolute atomic E-state index is 8.52. The molecule has 0 atom stereocenters. The van der Waals surface area contributed by atoms with Crippen molar-refractivity contribution < 1.29 is 63.9 Å². The summed E-state index contributed by atoms with van der Waals surface area (Å²) in [6.07, 6.45) is 0. The monoisotopic (exact) mass is 352 g/mol. The van der Waals surface area contributed by atoms with Gasteiger partial charge in [0.1, 0.15) is 0 Å². The molecule has 14 heteroatoms. The fourth-order valence-electron chi connectivity index (χ4n) is 0.537. The van der Waals surface area contributed by atoms with Gasteiger partial charge in [0, 0.05) is 9.17 Å². The van der Waals surface area contributed by atoms with Crippen LogP contribution in [0.25, 0.3) is 0 Å². The first kappa shape index (κ1) is 26.1. The van der Waals surface area contributed by atoms with E-state index in [1.807, 2.05) is 0 Å². The lowest BCUT2D eigenvalue weighted by molar-refractivity contribution is -0.991. The minimum absolute atomic E-state index is 0.469. The first-order valence-electron chi connectivity index (χ1n) is 5.67. The molecule has 0 aromatic carbocycles. The highest BCUT2D eigenvalue weighted by Crippen LogP contribution is 1.98. The zero-order valence-corrected chi connectivity index (χ0v) is 12.9. The number of hydrogen-bond acceptors (Lipinski definition) is 11. The van der Waals surface area contributed by atoms with Crippen molar-refractivity contribution in [2.45, 2.75) is 0 Å². The molecule has 0 unspecified atom stereocenters. The van der Waals surface area contributed by atoms with E-state index in [4.69, 9.17) is 54.9 Å². The van der Waals surface area contributed by atoms with Crippen LogP contribution in [0.4, 0.5) is 0 Å². The third-order valence-electron chi connectivity index (χ3n) is 2.40. The Kier molecular flexibility index (Phi) is 18.0. The van der Waals surface area contributed by atoms with Gasteiger partial charge in [-0.05, 0) is 0 Å². The zero-order chi connectivity index (χ0) is 18.2. The van der Waals surface area contributed by atoms with Gasteiger partial charge in [-0.3, -0.25) is 0 Å². The van der Waals surface area contributed by atoms with Gasteiger partial charge in [0.2, 0.25) is 0 Å². The van der Waals surface area contributed by atoms with Gasteiger partial charge in [0.05, 0.1) is 0 Å². The van der Waals surface area contributed by atoms with Crippen LogP contribution >= 0.6 is 0 Å². The number of aliphatic hydroxyl groups excluding tert-OH is 8. The van der Waals surface area contributed by atoms with Crippen molar-refractivity contribution in [2.75, 3.05) is 53.8 Å². The normalized spacial score (nSPS) is 10.9. The van der Waals surface area contributed by atoms with Crippen LogP contribution in [0.5, 0.6) is 0 Å². The lowest BCUT2D eigenvalue weighted by Crippen LogP contribution is -2.50. The van der Waals surface area contributed by atoms with Crippen LogP contribution in [0, 0.1) is 0 Å². The van der Waals surface area contributed by atoms with Crippen molar-refractivity contribution in [1.29, 1.82) is 0 Å². The van der Waals surface area contributed by atoms with E-state index in [9.17, 15) is 0 Å². The molecule has 0 amide bonds. The Morgan fingerprint density at radius 2 is 0.636 bits per heavy atom. The van der Waals surface area contributed by atoms with Crippen molar-refractivity contribution in [2.24, 2.45) is 0 Å². The Morgan fingerprint density at radius 3 is 0.636 bits per heavy atom. The Hall–Kier alpha value is -0.783. The van der Waals surface area contributed by atoms with E-state index in [1.165, 1.54) is 0 Å². The largest absolute Gasteiger partial charge is 0.672 e. The maximum atomic E-state index is 8.52. The van der Waals surface area contributed by atoms with Gasteiger partial charge in [-0.2, -0.15) is 0 Å². The van der Waals surface area contributed by atoms with Gasteiger partial charge in [-0.25, -0.2) is 8.97 Å². The summed E-state index contributed by atoms with van der Waals surface area (Å²) in [7, 11) is -3.63. The van der Waals surface area contributed by atoms with Crippen molar-refractivity contribution in [3.8, 4) is 0 Å². The molecule has 13 nitrogen and oxygen atoms in total. The van der Waals surface area contributed by atoms with Gasteiger partial charge < -0.3 is 54.9 Å². The highest BCUT2D eigenvalue weighted by Gasteiger charge is 2.22. The second kappa shape index (κ2) is 15.1. The molecular formula is C8H24N2O11Si. The Balaban J connectivity index is -0.000000266. The Morgan fingerprint density at radius 1 is 0.545 bits per heavy atom. The van der Waals surface area contributed by atoms with Crippen LogP contribution in [0.1, 0.15) is 0 Å². The second-order valence-electron chi connectivity index (χ2n) is 4.06. The van der Waals surface area contributed by atoms with Gasteiger partial charge in [-0.15, -0.1) is 0 Å². The first-order chi connectivity index (χ1) is 10.2. The van der Waals surface area contributed by atoms with E-state index in [2.05, 4.69) is 0 Å². The first-order valence-corrected chi connectivity index (χ1v) is 6.90. The van der Waals surface area contributed by atoms with E-state index < -0.39 is 72.0 Å². The second-order valence-corrected chi connectivity index (χ2v) is 4.56. The number of nitrogens with zero attached hydrogens (tertiary/aromatic N) is 2. The molecule has 0 spiro atoms. The molecule has 0 aliphatic carbocycles. The minimum atomic E-state index is -3.63. The highest BCUT2D eigenvalue weighted by molar-refractivity contribution is 6.17. The summed E-state index contributed by atoms with van der Waals surface area (Å²) < 4.78 is 7.52. The molecule has 0 rings (SSSR count). The molecule has 22 heavy (non-hydrogen) atoms. The van der Waals surface area contributed by atoms with Crippen LogP contribution < -0.4 is 9.59 Å². The fourth-order valence-corrected chi connectivity index (χ4v) is 0.537. The van der Waals surface area contributed by atoms with Crippen LogP contribution in [-0.2, 0) is 4.46 Å². The highest BCUT2D eigenvalue weighted by atomic mass is 28.3. The molecule has 0 fully saturated rings. The molecule has 0 saturated heterocycles. The number of rotatable bonds is 8. The van der Waals surface area contributed by atoms with Crippen molar-refractivity contribution in [3.63, 3.8) is 0 Å². The van der Waals surface area contributed by atoms with Crippen molar-refractivity contribution >= 4 is 9.17 Å². The van der Waals surface area contributed by atoms with Crippen LogP contribution in [-0.4, -0.2) is 113 Å². The quantitative estimate of drug-likeness (QED) is 0.116. The number of aliphatic hydroxyl groups is 8. The lowest BCUT2D eigenvalue weighted by atomic mass is 10.6. The van der Waals surface area contributed by atoms with E-state index >= 15 is 0 Å². The summed E-state index contributed by atoms with van der Waals surface area (Å²) in [5, 5.41) is 67.8. The summed E-state index contributed by atoms with van der Waals surface area (Å²) in [5.41, 5.74) is 0. The van der Waals surface area contributed by atoms with Crippen LogP contribution in [0.2, 0.25) is 0 Å². The Labute approximate surface area is 128 Å². The summed E-state index contributed by atoms with van der Waals surface area (Å²) in [6.45, 7) is -3.75. The van der Waals surface area contributed by atoms with Crippen molar-refractivity contribution in [3.05, 3.63) is 0 Å².